The average molecular weight is 515 g/mol. The number of unbranched alkanes of at least 4 members (excludes halogenated alkanes) is 8. The molecule has 0 saturated carbocycles. The summed E-state index contributed by atoms with van der Waals surface area (Å²) in [5, 5.41) is 19.5. The third kappa shape index (κ3) is 7.71. The molecule has 0 fully saturated rings. The lowest BCUT2D eigenvalue weighted by atomic mass is 9.76. The van der Waals surface area contributed by atoms with E-state index in [4.69, 9.17) is 0 Å². The SMILES string of the molecule is N#CC1(c2ccc(CCCCCCCCCCCc3ccc(C4(C#N)C=CC=CC4)cc3)cc2)C=CC=CC1. The van der Waals surface area contributed by atoms with Crippen molar-refractivity contribution in [2.24, 2.45) is 0 Å². The molecule has 2 nitrogen and oxygen atoms in total. The van der Waals surface area contributed by atoms with E-state index in [1.54, 1.807) is 0 Å². The largest absolute Gasteiger partial charge is 0.197 e. The van der Waals surface area contributed by atoms with E-state index >= 15 is 0 Å². The van der Waals surface area contributed by atoms with E-state index < -0.39 is 10.8 Å². The van der Waals surface area contributed by atoms with Crippen LogP contribution in [0.3, 0.4) is 0 Å². The van der Waals surface area contributed by atoms with Crippen LogP contribution in [0.5, 0.6) is 0 Å². The minimum atomic E-state index is -0.494. The van der Waals surface area contributed by atoms with Crippen LogP contribution in [0.25, 0.3) is 0 Å². The van der Waals surface area contributed by atoms with Crippen molar-refractivity contribution in [3.8, 4) is 12.1 Å². The van der Waals surface area contributed by atoms with Gasteiger partial charge in [-0.25, -0.2) is 0 Å². The molecule has 2 unspecified atom stereocenters. The summed E-state index contributed by atoms with van der Waals surface area (Å²) in [7, 11) is 0. The molecule has 2 aromatic rings. The first kappa shape index (κ1) is 28.4. The van der Waals surface area contributed by atoms with Gasteiger partial charge in [0.1, 0.15) is 10.8 Å². The van der Waals surface area contributed by atoms with E-state index in [-0.39, 0.29) is 0 Å². The van der Waals surface area contributed by atoms with Gasteiger partial charge in [0, 0.05) is 0 Å². The van der Waals surface area contributed by atoms with Gasteiger partial charge in [-0.15, -0.1) is 0 Å². The predicted molar refractivity (Wildman–Crippen MR) is 162 cm³/mol. The lowest BCUT2D eigenvalue weighted by Crippen LogP contribution is -2.21. The van der Waals surface area contributed by atoms with Crippen molar-refractivity contribution >= 4 is 0 Å². The number of hydrogen-bond donors (Lipinski definition) is 0. The van der Waals surface area contributed by atoms with E-state index in [0.29, 0.717) is 0 Å². The zero-order chi connectivity index (χ0) is 27.2. The summed E-state index contributed by atoms with van der Waals surface area (Å²) < 4.78 is 0. The van der Waals surface area contributed by atoms with Crippen molar-refractivity contribution < 1.29 is 0 Å². The third-order valence-corrected chi connectivity index (χ3v) is 8.40. The monoisotopic (exact) mass is 514 g/mol. The zero-order valence-electron chi connectivity index (χ0n) is 23.3. The summed E-state index contributed by atoms with van der Waals surface area (Å²) in [6.45, 7) is 0. The molecule has 0 bridgehead atoms. The molecular weight excluding hydrogens is 472 g/mol. The highest BCUT2D eigenvalue weighted by molar-refractivity contribution is 5.44. The number of nitriles is 2. The van der Waals surface area contributed by atoms with Crippen LogP contribution in [0.1, 0.15) is 92.9 Å². The Morgan fingerprint density at radius 1 is 0.487 bits per heavy atom. The lowest BCUT2D eigenvalue weighted by molar-refractivity contribution is 0.558. The molecule has 2 atom stereocenters. The number of rotatable bonds is 14. The molecule has 0 amide bonds. The Labute approximate surface area is 236 Å². The van der Waals surface area contributed by atoms with Gasteiger partial charge in [0.05, 0.1) is 12.1 Å². The first-order valence-electron chi connectivity index (χ1n) is 14.9. The Kier molecular flexibility index (Phi) is 10.6. The van der Waals surface area contributed by atoms with E-state index in [2.05, 4.69) is 72.8 Å². The fraction of sp³-hybridized carbons (Fsp3) is 0.405. The van der Waals surface area contributed by atoms with Gasteiger partial charge in [-0.2, -0.15) is 10.5 Å². The molecule has 0 heterocycles. The smallest absolute Gasteiger partial charge is 0.104 e. The van der Waals surface area contributed by atoms with Gasteiger partial charge >= 0.3 is 0 Å². The molecular formula is C37H42N2. The topological polar surface area (TPSA) is 47.6 Å². The van der Waals surface area contributed by atoms with Gasteiger partial charge < -0.3 is 0 Å². The fourth-order valence-corrected chi connectivity index (χ4v) is 5.80. The standard InChI is InChI=1S/C37H42N2/c38-30-36(26-12-8-13-27-36)34-22-18-32(19-23-34)16-10-6-4-2-1-3-5-7-11-17-33-20-24-35(25-21-33)37(31-39)28-14-9-15-29-37/h8-9,12-15,18-26,28H,1-7,10-11,16-17,27,29H2. The van der Waals surface area contributed by atoms with Crippen molar-refractivity contribution in [2.45, 2.75) is 94.3 Å². The summed E-state index contributed by atoms with van der Waals surface area (Å²) in [6, 6.07) is 22.5. The summed E-state index contributed by atoms with van der Waals surface area (Å²) in [5.74, 6) is 0. The van der Waals surface area contributed by atoms with Gasteiger partial charge in [0.15, 0.2) is 0 Å². The van der Waals surface area contributed by atoms with E-state index in [1.807, 2.05) is 36.5 Å². The van der Waals surface area contributed by atoms with Gasteiger partial charge in [-0.1, -0.05) is 142 Å². The maximum Gasteiger partial charge on any atom is 0.104 e. The lowest BCUT2D eigenvalue weighted by Gasteiger charge is -2.24. The minimum Gasteiger partial charge on any atom is -0.197 e. The van der Waals surface area contributed by atoms with Crippen LogP contribution in [-0.2, 0) is 23.7 Å². The molecule has 0 aliphatic heterocycles. The minimum absolute atomic E-state index is 0.494. The average Bonchev–Trinajstić information content (AvgIpc) is 3.01. The van der Waals surface area contributed by atoms with Crippen molar-refractivity contribution in [1.29, 1.82) is 10.5 Å². The van der Waals surface area contributed by atoms with Gasteiger partial charge in [-0.05, 0) is 60.8 Å². The van der Waals surface area contributed by atoms with E-state index in [0.717, 1.165) is 36.8 Å². The first-order valence-corrected chi connectivity index (χ1v) is 14.9. The molecule has 2 heteroatoms. The van der Waals surface area contributed by atoms with E-state index in [1.165, 1.54) is 68.9 Å². The summed E-state index contributed by atoms with van der Waals surface area (Å²) >= 11 is 0. The Morgan fingerprint density at radius 2 is 0.846 bits per heavy atom. The van der Waals surface area contributed by atoms with Crippen molar-refractivity contribution in [2.75, 3.05) is 0 Å². The highest BCUT2D eigenvalue weighted by Crippen LogP contribution is 2.33. The second-order valence-electron chi connectivity index (χ2n) is 11.2. The van der Waals surface area contributed by atoms with Crippen LogP contribution in [0, 0.1) is 22.7 Å². The van der Waals surface area contributed by atoms with Crippen LogP contribution in [0.2, 0.25) is 0 Å². The molecule has 4 rings (SSSR count). The Morgan fingerprint density at radius 3 is 1.15 bits per heavy atom. The highest BCUT2D eigenvalue weighted by atomic mass is 14.4. The summed E-state index contributed by atoms with van der Waals surface area (Å²) in [4.78, 5) is 0. The quantitative estimate of drug-likeness (QED) is 0.236. The maximum atomic E-state index is 9.73. The Balaban J connectivity index is 1.03. The number of nitrogens with zero attached hydrogens (tertiary/aromatic N) is 2. The van der Waals surface area contributed by atoms with Crippen LogP contribution in [0.4, 0.5) is 0 Å². The van der Waals surface area contributed by atoms with Gasteiger partial charge in [-0.3, -0.25) is 0 Å². The van der Waals surface area contributed by atoms with Crippen LogP contribution in [0.15, 0.2) is 97.1 Å². The summed E-state index contributed by atoms with van der Waals surface area (Å²) in [6.07, 6.45) is 31.8. The first-order chi connectivity index (χ1) is 19.2. The van der Waals surface area contributed by atoms with Crippen LogP contribution >= 0.6 is 0 Å². The van der Waals surface area contributed by atoms with Crippen molar-refractivity contribution in [1.82, 2.24) is 0 Å². The normalized spacial score (nSPS) is 21.5. The highest BCUT2D eigenvalue weighted by Gasteiger charge is 2.29. The number of allylic oxidation sites excluding steroid dienone is 8. The molecule has 39 heavy (non-hydrogen) atoms. The Bertz CT molecular complexity index is 1150. The molecule has 2 aromatic carbocycles. The number of benzene rings is 2. The van der Waals surface area contributed by atoms with Crippen LogP contribution < -0.4 is 0 Å². The molecule has 0 N–H and O–H groups in total. The second kappa shape index (κ2) is 14.5. The predicted octanol–water partition coefficient (Wildman–Crippen LogP) is 9.54. The molecule has 0 spiro atoms. The molecule has 0 saturated heterocycles. The van der Waals surface area contributed by atoms with Gasteiger partial charge in [0.2, 0.25) is 0 Å². The van der Waals surface area contributed by atoms with Gasteiger partial charge in [0.25, 0.3) is 0 Å². The second-order valence-corrected chi connectivity index (χ2v) is 11.2. The fourth-order valence-electron chi connectivity index (χ4n) is 5.80. The van der Waals surface area contributed by atoms with Crippen molar-refractivity contribution in [3.63, 3.8) is 0 Å². The molecule has 0 aromatic heterocycles. The van der Waals surface area contributed by atoms with Crippen LogP contribution in [-0.4, -0.2) is 0 Å². The third-order valence-electron chi connectivity index (χ3n) is 8.40. The molecule has 0 radical (unpaired) electrons. The molecule has 200 valence electrons. The Hall–Kier alpha value is -3.62. The maximum absolute atomic E-state index is 9.73. The van der Waals surface area contributed by atoms with Crippen molar-refractivity contribution in [3.05, 3.63) is 119 Å². The molecule has 2 aliphatic carbocycles. The zero-order valence-corrected chi connectivity index (χ0v) is 23.3. The number of aryl methyl sites for hydroxylation is 2. The number of hydrogen-bond acceptors (Lipinski definition) is 2. The van der Waals surface area contributed by atoms with E-state index in [9.17, 15) is 10.5 Å². The summed E-state index contributed by atoms with van der Waals surface area (Å²) in [5.41, 5.74) is 3.97. The molecule has 2 aliphatic rings.